The number of methoxy groups -OCH3 is 1. The zero-order valence-corrected chi connectivity index (χ0v) is 10.2. The molecule has 94 valence electrons. The number of rotatable bonds is 6. The first-order valence-corrected chi connectivity index (χ1v) is 5.83. The van der Waals surface area contributed by atoms with E-state index in [1.165, 1.54) is 7.11 Å². The molecule has 0 aliphatic rings. The molecule has 1 aromatic carbocycles. The SMILES string of the molecule is COC(=O)c1ccccc1[C@H](N)CCCCN. The van der Waals surface area contributed by atoms with Gasteiger partial charge < -0.3 is 16.2 Å². The van der Waals surface area contributed by atoms with Gasteiger partial charge in [0.25, 0.3) is 0 Å². The molecule has 0 spiro atoms. The van der Waals surface area contributed by atoms with Gasteiger partial charge in [0.05, 0.1) is 12.7 Å². The van der Waals surface area contributed by atoms with Gasteiger partial charge in [0.15, 0.2) is 0 Å². The largest absolute Gasteiger partial charge is 0.465 e. The monoisotopic (exact) mass is 236 g/mol. The molecule has 0 aliphatic carbocycles. The average Bonchev–Trinajstić information content (AvgIpc) is 2.38. The Balaban J connectivity index is 2.78. The maximum absolute atomic E-state index is 11.6. The molecule has 0 unspecified atom stereocenters. The zero-order valence-electron chi connectivity index (χ0n) is 10.2. The Hall–Kier alpha value is -1.39. The van der Waals surface area contributed by atoms with E-state index in [0.29, 0.717) is 12.1 Å². The van der Waals surface area contributed by atoms with Crippen molar-refractivity contribution in [2.24, 2.45) is 11.5 Å². The van der Waals surface area contributed by atoms with Crippen molar-refractivity contribution in [1.82, 2.24) is 0 Å². The predicted octanol–water partition coefficient (Wildman–Crippen LogP) is 1.60. The number of carbonyl (C=O) groups excluding carboxylic acids is 1. The smallest absolute Gasteiger partial charge is 0.338 e. The molecule has 0 radical (unpaired) electrons. The molecular weight excluding hydrogens is 216 g/mol. The van der Waals surface area contributed by atoms with E-state index in [-0.39, 0.29) is 12.0 Å². The van der Waals surface area contributed by atoms with Gasteiger partial charge in [0, 0.05) is 6.04 Å². The molecule has 0 fully saturated rings. The van der Waals surface area contributed by atoms with Crippen LogP contribution in [0.2, 0.25) is 0 Å². The average molecular weight is 236 g/mol. The molecule has 0 bridgehead atoms. The molecule has 0 heterocycles. The van der Waals surface area contributed by atoms with Crippen molar-refractivity contribution >= 4 is 5.97 Å². The van der Waals surface area contributed by atoms with E-state index < -0.39 is 0 Å². The summed E-state index contributed by atoms with van der Waals surface area (Å²) in [7, 11) is 1.37. The van der Waals surface area contributed by atoms with E-state index in [2.05, 4.69) is 0 Å². The summed E-state index contributed by atoms with van der Waals surface area (Å²) in [6.45, 7) is 0.672. The van der Waals surface area contributed by atoms with Gasteiger partial charge in [0.2, 0.25) is 0 Å². The van der Waals surface area contributed by atoms with Gasteiger partial charge >= 0.3 is 5.97 Å². The van der Waals surface area contributed by atoms with Crippen molar-refractivity contribution in [3.63, 3.8) is 0 Å². The van der Waals surface area contributed by atoms with Crippen LogP contribution in [-0.2, 0) is 4.74 Å². The van der Waals surface area contributed by atoms with E-state index in [4.69, 9.17) is 16.2 Å². The van der Waals surface area contributed by atoms with Crippen molar-refractivity contribution in [3.05, 3.63) is 35.4 Å². The van der Waals surface area contributed by atoms with Gasteiger partial charge in [-0.25, -0.2) is 4.79 Å². The lowest BCUT2D eigenvalue weighted by Crippen LogP contribution is -2.16. The first-order valence-electron chi connectivity index (χ1n) is 5.83. The van der Waals surface area contributed by atoms with Crippen LogP contribution in [0.15, 0.2) is 24.3 Å². The number of esters is 1. The van der Waals surface area contributed by atoms with Gasteiger partial charge in [-0.1, -0.05) is 24.6 Å². The Labute approximate surface area is 102 Å². The van der Waals surface area contributed by atoms with E-state index in [9.17, 15) is 4.79 Å². The number of hydrogen-bond acceptors (Lipinski definition) is 4. The summed E-state index contributed by atoms with van der Waals surface area (Å²) >= 11 is 0. The lowest BCUT2D eigenvalue weighted by atomic mass is 9.97. The summed E-state index contributed by atoms with van der Waals surface area (Å²) in [4.78, 5) is 11.6. The maximum Gasteiger partial charge on any atom is 0.338 e. The van der Waals surface area contributed by atoms with Crippen LogP contribution in [0.4, 0.5) is 0 Å². The Morgan fingerprint density at radius 1 is 1.35 bits per heavy atom. The molecule has 17 heavy (non-hydrogen) atoms. The van der Waals surface area contributed by atoms with Crippen LogP contribution in [-0.4, -0.2) is 19.6 Å². The number of ether oxygens (including phenoxy) is 1. The fraction of sp³-hybridized carbons (Fsp3) is 0.462. The van der Waals surface area contributed by atoms with Crippen molar-refractivity contribution in [3.8, 4) is 0 Å². The van der Waals surface area contributed by atoms with Crippen molar-refractivity contribution in [2.45, 2.75) is 25.3 Å². The summed E-state index contributed by atoms with van der Waals surface area (Å²) in [6.07, 6.45) is 2.74. The normalized spacial score (nSPS) is 12.2. The van der Waals surface area contributed by atoms with Gasteiger partial charge in [-0.15, -0.1) is 0 Å². The first-order chi connectivity index (χ1) is 8.20. The van der Waals surface area contributed by atoms with Crippen LogP contribution < -0.4 is 11.5 Å². The van der Waals surface area contributed by atoms with Crippen LogP contribution in [0.5, 0.6) is 0 Å². The number of unbranched alkanes of at least 4 members (excludes halogenated alkanes) is 1. The summed E-state index contributed by atoms with van der Waals surface area (Å²) in [5.74, 6) is -0.338. The molecule has 1 aromatic rings. The second-order valence-electron chi connectivity index (χ2n) is 3.97. The van der Waals surface area contributed by atoms with Crippen molar-refractivity contribution < 1.29 is 9.53 Å². The number of carbonyl (C=O) groups is 1. The molecule has 0 saturated carbocycles. The van der Waals surface area contributed by atoms with Crippen LogP contribution in [0, 0.1) is 0 Å². The van der Waals surface area contributed by atoms with Crippen LogP contribution in [0.25, 0.3) is 0 Å². The Morgan fingerprint density at radius 2 is 2.06 bits per heavy atom. The van der Waals surface area contributed by atoms with Crippen LogP contribution in [0.3, 0.4) is 0 Å². The van der Waals surface area contributed by atoms with E-state index >= 15 is 0 Å². The minimum atomic E-state index is -0.338. The van der Waals surface area contributed by atoms with Gasteiger partial charge in [0.1, 0.15) is 0 Å². The fourth-order valence-corrected chi connectivity index (χ4v) is 1.78. The molecule has 0 aliphatic heterocycles. The second-order valence-corrected chi connectivity index (χ2v) is 3.97. The van der Waals surface area contributed by atoms with Crippen LogP contribution in [0.1, 0.15) is 41.2 Å². The zero-order chi connectivity index (χ0) is 12.7. The van der Waals surface area contributed by atoms with Crippen molar-refractivity contribution in [1.29, 1.82) is 0 Å². The van der Waals surface area contributed by atoms with Gasteiger partial charge in [-0.05, 0) is 31.0 Å². The minimum absolute atomic E-state index is 0.142. The van der Waals surface area contributed by atoms with E-state index in [1.54, 1.807) is 6.07 Å². The summed E-state index contributed by atoms with van der Waals surface area (Å²) in [5, 5.41) is 0. The lowest BCUT2D eigenvalue weighted by Gasteiger charge is -2.15. The molecule has 0 amide bonds. The maximum atomic E-state index is 11.6. The molecule has 0 saturated heterocycles. The quantitative estimate of drug-likeness (QED) is 0.581. The van der Waals surface area contributed by atoms with E-state index in [0.717, 1.165) is 24.8 Å². The minimum Gasteiger partial charge on any atom is -0.465 e. The highest BCUT2D eigenvalue weighted by Crippen LogP contribution is 2.21. The topological polar surface area (TPSA) is 78.3 Å². The second kappa shape index (κ2) is 7.04. The van der Waals surface area contributed by atoms with Gasteiger partial charge in [-0.2, -0.15) is 0 Å². The molecule has 4 heteroatoms. The third kappa shape index (κ3) is 3.84. The highest BCUT2D eigenvalue weighted by atomic mass is 16.5. The summed E-state index contributed by atoms with van der Waals surface area (Å²) in [6, 6.07) is 7.16. The molecular formula is C13H20N2O2. The van der Waals surface area contributed by atoms with Crippen LogP contribution >= 0.6 is 0 Å². The third-order valence-electron chi connectivity index (χ3n) is 2.73. The highest BCUT2D eigenvalue weighted by molar-refractivity contribution is 5.91. The predicted molar refractivity (Wildman–Crippen MR) is 67.6 cm³/mol. The third-order valence-corrected chi connectivity index (χ3v) is 2.73. The molecule has 0 aromatic heterocycles. The first kappa shape index (κ1) is 13.7. The van der Waals surface area contributed by atoms with E-state index in [1.807, 2.05) is 18.2 Å². The lowest BCUT2D eigenvalue weighted by molar-refractivity contribution is 0.0599. The molecule has 1 atom stereocenters. The molecule has 4 nitrogen and oxygen atoms in total. The van der Waals surface area contributed by atoms with Crippen molar-refractivity contribution in [2.75, 3.05) is 13.7 Å². The molecule has 1 rings (SSSR count). The number of hydrogen-bond donors (Lipinski definition) is 2. The van der Waals surface area contributed by atoms with Gasteiger partial charge in [-0.3, -0.25) is 0 Å². The Bertz CT molecular complexity index is 366. The standard InChI is InChI=1S/C13H20N2O2/c1-17-13(16)11-7-3-2-6-10(11)12(15)8-4-5-9-14/h2-3,6-7,12H,4-5,8-9,14-15H2,1H3/t12-/m1/s1. The Kier molecular flexibility index (Phi) is 5.66. The Morgan fingerprint density at radius 3 is 2.71 bits per heavy atom. The summed E-state index contributed by atoms with van der Waals surface area (Å²) in [5.41, 5.74) is 12.9. The highest BCUT2D eigenvalue weighted by Gasteiger charge is 2.15. The summed E-state index contributed by atoms with van der Waals surface area (Å²) < 4.78 is 4.74. The fourth-order valence-electron chi connectivity index (χ4n) is 1.78. The number of benzene rings is 1. The molecule has 4 N–H and O–H groups in total. The number of nitrogens with two attached hydrogens (primary N) is 2.